The van der Waals surface area contributed by atoms with E-state index in [0.29, 0.717) is 50.4 Å². The molecule has 5 aromatic rings. The number of carbonyl (C=O) groups excluding carboxylic acids is 2. The number of hydrogen-bond donors (Lipinski definition) is 1. The SMILES string of the molecule is COc1ccc(NC(=O)COC(=O)c2ccc3nc(-c4ccco4)c(-c4ccco4)nc3c2)cc1Cl. The van der Waals surface area contributed by atoms with Gasteiger partial charge in [0.1, 0.15) is 17.1 Å². The summed E-state index contributed by atoms with van der Waals surface area (Å²) in [6, 6.07) is 16.6. The molecule has 10 heteroatoms. The van der Waals surface area contributed by atoms with Crippen molar-refractivity contribution >= 4 is 40.2 Å². The van der Waals surface area contributed by atoms with E-state index in [2.05, 4.69) is 15.3 Å². The Kier molecular flexibility index (Phi) is 6.38. The normalized spacial score (nSPS) is 10.8. The molecule has 0 aliphatic heterocycles. The smallest absolute Gasteiger partial charge is 0.338 e. The molecule has 36 heavy (non-hydrogen) atoms. The van der Waals surface area contributed by atoms with Crippen LogP contribution in [0.25, 0.3) is 33.9 Å². The fourth-order valence-electron chi connectivity index (χ4n) is 3.51. The lowest BCUT2D eigenvalue weighted by Gasteiger charge is -2.09. The molecule has 5 rings (SSSR count). The maximum Gasteiger partial charge on any atom is 0.338 e. The first-order valence-electron chi connectivity index (χ1n) is 10.7. The second-order valence-corrected chi connectivity index (χ2v) is 7.96. The highest BCUT2D eigenvalue weighted by molar-refractivity contribution is 6.32. The Morgan fingerprint density at radius 3 is 2.22 bits per heavy atom. The lowest BCUT2D eigenvalue weighted by Crippen LogP contribution is -2.21. The Bertz CT molecular complexity index is 1550. The Morgan fingerprint density at radius 1 is 0.917 bits per heavy atom. The summed E-state index contributed by atoms with van der Waals surface area (Å²) in [5, 5.41) is 2.96. The molecule has 9 nitrogen and oxygen atoms in total. The number of methoxy groups -OCH3 is 1. The van der Waals surface area contributed by atoms with Crippen LogP contribution in [-0.4, -0.2) is 35.6 Å². The van der Waals surface area contributed by atoms with Gasteiger partial charge in [-0.05, 0) is 60.7 Å². The molecule has 3 heterocycles. The first-order chi connectivity index (χ1) is 17.5. The van der Waals surface area contributed by atoms with E-state index in [1.165, 1.54) is 19.4 Å². The summed E-state index contributed by atoms with van der Waals surface area (Å²) in [4.78, 5) is 34.2. The standard InChI is InChI=1S/C26H18ClN3O6/c1-33-20-9-7-16(13-17(20)27)28-23(31)14-36-26(32)15-6-8-18-19(12-15)30-25(22-5-3-11-35-22)24(29-18)21-4-2-10-34-21/h2-13H,14H2,1H3,(H,28,31). The van der Waals surface area contributed by atoms with Crippen LogP contribution in [0.3, 0.4) is 0 Å². The molecule has 0 bridgehead atoms. The van der Waals surface area contributed by atoms with Gasteiger partial charge in [0.25, 0.3) is 5.91 Å². The molecule has 0 spiro atoms. The predicted molar refractivity (Wildman–Crippen MR) is 132 cm³/mol. The van der Waals surface area contributed by atoms with Crippen LogP contribution in [0, 0.1) is 0 Å². The highest BCUT2D eigenvalue weighted by Crippen LogP contribution is 2.32. The summed E-state index contributed by atoms with van der Waals surface area (Å²) in [5.74, 6) is 0.305. The average Bonchev–Trinajstić information content (AvgIpc) is 3.61. The summed E-state index contributed by atoms with van der Waals surface area (Å²) < 4.78 is 21.3. The van der Waals surface area contributed by atoms with E-state index >= 15 is 0 Å². The molecule has 0 aliphatic carbocycles. The number of nitrogens with zero attached hydrogens (tertiary/aromatic N) is 2. The van der Waals surface area contributed by atoms with Crippen molar-refractivity contribution in [3.63, 3.8) is 0 Å². The fraction of sp³-hybridized carbons (Fsp3) is 0.0769. The summed E-state index contributed by atoms with van der Waals surface area (Å²) in [6.45, 7) is -0.485. The zero-order valence-electron chi connectivity index (χ0n) is 18.9. The number of furan rings is 2. The molecular weight excluding hydrogens is 486 g/mol. The number of hydrogen-bond acceptors (Lipinski definition) is 8. The van der Waals surface area contributed by atoms with Gasteiger partial charge in [-0.2, -0.15) is 0 Å². The van der Waals surface area contributed by atoms with Crippen molar-refractivity contribution in [3.8, 4) is 28.7 Å². The number of esters is 1. The largest absolute Gasteiger partial charge is 0.495 e. The summed E-state index contributed by atoms with van der Waals surface area (Å²) >= 11 is 6.07. The van der Waals surface area contributed by atoms with Crippen LogP contribution in [0.5, 0.6) is 5.75 Å². The Balaban J connectivity index is 1.34. The van der Waals surface area contributed by atoms with Crippen LogP contribution < -0.4 is 10.1 Å². The Hall–Kier alpha value is -4.63. The molecule has 1 amide bonds. The van der Waals surface area contributed by atoms with Gasteiger partial charge >= 0.3 is 5.97 Å². The number of aromatic nitrogens is 2. The number of amides is 1. The number of ether oxygens (including phenoxy) is 2. The highest BCUT2D eigenvalue weighted by Gasteiger charge is 2.19. The third kappa shape index (κ3) is 4.77. The lowest BCUT2D eigenvalue weighted by atomic mass is 10.1. The Labute approximate surface area is 209 Å². The molecule has 0 saturated heterocycles. The number of nitrogens with one attached hydrogen (secondary N) is 1. The highest BCUT2D eigenvalue weighted by atomic mass is 35.5. The second kappa shape index (κ2) is 9.93. The molecular formula is C26H18ClN3O6. The van der Waals surface area contributed by atoms with Crippen LogP contribution in [0.4, 0.5) is 5.69 Å². The molecule has 1 N–H and O–H groups in total. The zero-order valence-corrected chi connectivity index (χ0v) is 19.6. The number of fused-ring (bicyclic) bond motifs is 1. The molecule has 180 valence electrons. The van der Waals surface area contributed by atoms with E-state index in [0.717, 1.165) is 0 Å². The fourth-order valence-corrected chi connectivity index (χ4v) is 3.76. The van der Waals surface area contributed by atoms with Gasteiger partial charge in [0.05, 0.1) is 41.3 Å². The number of carbonyl (C=O) groups is 2. The number of anilines is 1. The summed E-state index contributed by atoms with van der Waals surface area (Å²) in [5.41, 5.74) is 2.62. The average molecular weight is 504 g/mol. The van der Waals surface area contributed by atoms with E-state index in [4.69, 9.17) is 29.9 Å². The number of rotatable bonds is 7. The lowest BCUT2D eigenvalue weighted by molar-refractivity contribution is -0.119. The van der Waals surface area contributed by atoms with Crippen molar-refractivity contribution < 1.29 is 27.9 Å². The monoisotopic (exact) mass is 503 g/mol. The van der Waals surface area contributed by atoms with Gasteiger partial charge in [-0.25, -0.2) is 14.8 Å². The maximum atomic E-state index is 12.6. The van der Waals surface area contributed by atoms with Gasteiger partial charge in [-0.3, -0.25) is 4.79 Å². The van der Waals surface area contributed by atoms with E-state index in [1.807, 2.05) is 0 Å². The second-order valence-electron chi connectivity index (χ2n) is 7.55. The first kappa shape index (κ1) is 23.1. The van der Waals surface area contributed by atoms with Crippen LogP contribution in [0.1, 0.15) is 10.4 Å². The van der Waals surface area contributed by atoms with Gasteiger partial charge in [0.2, 0.25) is 0 Å². The molecule has 0 saturated carbocycles. The van der Waals surface area contributed by atoms with Crippen molar-refractivity contribution in [1.29, 1.82) is 0 Å². The number of benzene rings is 2. The third-order valence-electron chi connectivity index (χ3n) is 5.18. The minimum absolute atomic E-state index is 0.216. The molecule has 0 fully saturated rings. The van der Waals surface area contributed by atoms with Crippen molar-refractivity contribution in [1.82, 2.24) is 9.97 Å². The molecule has 0 aliphatic rings. The Morgan fingerprint density at radius 2 is 1.61 bits per heavy atom. The predicted octanol–water partition coefficient (Wildman–Crippen LogP) is 5.61. The number of halogens is 1. The minimum atomic E-state index is -0.684. The topological polar surface area (TPSA) is 117 Å². The van der Waals surface area contributed by atoms with E-state index in [9.17, 15) is 9.59 Å². The summed E-state index contributed by atoms with van der Waals surface area (Å²) in [7, 11) is 1.49. The van der Waals surface area contributed by atoms with Gasteiger partial charge in [-0.1, -0.05) is 11.6 Å². The molecule has 3 aromatic heterocycles. The van der Waals surface area contributed by atoms with Crippen molar-refractivity contribution in [2.24, 2.45) is 0 Å². The van der Waals surface area contributed by atoms with Crippen molar-refractivity contribution in [2.45, 2.75) is 0 Å². The summed E-state index contributed by atoms with van der Waals surface area (Å²) in [6.07, 6.45) is 3.08. The van der Waals surface area contributed by atoms with Crippen LogP contribution in [0.15, 0.2) is 82.0 Å². The minimum Gasteiger partial charge on any atom is -0.495 e. The van der Waals surface area contributed by atoms with Gasteiger partial charge in [-0.15, -0.1) is 0 Å². The van der Waals surface area contributed by atoms with Crippen LogP contribution in [0.2, 0.25) is 5.02 Å². The van der Waals surface area contributed by atoms with Crippen molar-refractivity contribution in [2.75, 3.05) is 19.0 Å². The van der Waals surface area contributed by atoms with Gasteiger partial charge in [0.15, 0.2) is 18.1 Å². The van der Waals surface area contributed by atoms with Gasteiger partial charge < -0.3 is 23.6 Å². The van der Waals surface area contributed by atoms with E-state index < -0.39 is 18.5 Å². The van der Waals surface area contributed by atoms with E-state index in [1.54, 1.807) is 60.9 Å². The third-order valence-corrected chi connectivity index (χ3v) is 5.47. The van der Waals surface area contributed by atoms with Crippen LogP contribution in [-0.2, 0) is 9.53 Å². The molecule has 0 atom stereocenters. The first-order valence-corrected chi connectivity index (χ1v) is 11.1. The van der Waals surface area contributed by atoms with Crippen LogP contribution >= 0.6 is 11.6 Å². The zero-order chi connectivity index (χ0) is 25.1. The van der Waals surface area contributed by atoms with Crippen molar-refractivity contribution in [3.05, 3.63) is 83.8 Å². The quantitative estimate of drug-likeness (QED) is 0.285. The molecule has 2 aromatic carbocycles. The van der Waals surface area contributed by atoms with Gasteiger partial charge in [0, 0.05) is 5.69 Å². The molecule has 0 radical (unpaired) electrons. The molecule has 0 unspecified atom stereocenters. The van der Waals surface area contributed by atoms with E-state index in [-0.39, 0.29) is 5.56 Å². The maximum absolute atomic E-state index is 12.6.